The number of nitrogens with one attached hydrogen (secondary N) is 1. The van der Waals surface area contributed by atoms with Gasteiger partial charge in [-0.15, -0.1) is 11.3 Å². The molecule has 0 spiro atoms. The Kier molecular flexibility index (Phi) is 2.09. The SMILES string of the molecule is CC1NCCc2cc(C(=O)O)sc21. The van der Waals surface area contributed by atoms with Crippen molar-refractivity contribution in [1.82, 2.24) is 5.32 Å². The molecule has 0 aliphatic carbocycles. The zero-order chi connectivity index (χ0) is 9.42. The minimum Gasteiger partial charge on any atom is -0.477 e. The van der Waals surface area contributed by atoms with Crippen LogP contribution in [0.4, 0.5) is 0 Å². The van der Waals surface area contributed by atoms with Gasteiger partial charge in [0.25, 0.3) is 0 Å². The van der Waals surface area contributed by atoms with Crippen molar-refractivity contribution in [3.63, 3.8) is 0 Å². The Hall–Kier alpha value is -0.870. The lowest BCUT2D eigenvalue weighted by atomic mass is 10.1. The number of aromatic carboxylic acids is 1. The number of carbonyl (C=O) groups is 1. The molecular formula is C9H11NO2S. The predicted molar refractivity (Wildman–Crippen MR) is 51.4 cm³/mol. The van der Waals surface area contributed by atoms with Gasteiger partial charge < -0.3 is 10.4 Å². The molecule has 13 heavy (non-hydrogen) atoms. The fourth-order valence-electron chi connectivity index (χ4n) is 1.63. The number of thiophene rings is 1. The van der Waals surface area contributed by atoms with Gasteiger partial charge in [-0.25, -0.2) is 4.79 Å². The summed E-state index contributed by atoms with van der Waals surface area (Å²) in [5.41, 5.74) is 1.20. The third-order valence-electron chi connectivity index (χ3n) is 2.29. The first-order valence-corrected chi connectivity index (χ1v) is 5.09. The van der Waals surface area contributed by atoms with Gasteiger partial charge in [0, 0.05) is 10.9 Å². The quantitative estimate of drug-likeness (QED) is 0.719. The standard InChI is InChI=1S/C9H11NO2S/c1-5-8-6(2-3-10-5)4-7(13-8)9(11)12/h4-5,10H,2-3H2,1H3,(H,11,12). The molecule has 1 aliphatic heterocycles. The summed E-state index contributed by atoms with van der Waals surface area (Å²) in [6.45, 7) is 3.02. The van der Waals surface area contributed by atoms with Crippen molar-refractivity contribution in [3.05, 3.63) is 21.4 Å². The maximum atomic E-state index is 10.7. The summed E-state index contributed by atoms with van der Waals surface area (Å²) in [6, 6.07) is 2.11. The number of hydrogen-bond acceptors (Lipinski definition) is 3. The van der Waals surface area contributed by atoms with Crippen LogP contribution in [0, 0.1) is 0 Å². The van der Waals surface area contributed by atoms with Gasteiger partial charge in [-0.2, -0.15) is 0 Å². The molecule has 0 aromatic carbocycles. The van der Waals surface area contributed by atoms with Gasteiger partial charge in [0.2, 0.25) is 0 Å². The van der Waals surface area contributed by atoms with Crippen LogP contribution in [0.3, 0.4) is 0 Å². The zero-order valence-corrected chi connectivity index (χ0v) is 8.15. The minimum atomic E-state index is -0.813. The molecule has 0 bridgehead atoms. The Labute approximate surface area is 80.4 Å². The number of hydrogen-bond donors (Lipinski definition) is 2. The van der Waals surface area contributed by atoms with E-state index in [4.69, 9.17) is 5.11 Å². The molecule has 0 fully saturated rings. The van der Waals surface area contributed by atoms with E-state index in [1.807, 2.05) is 0 Å². The summed E-state index contributed by atoms with van der Waals surface area (Å²) >= 11 is 1.39. The molecule has 1 aliphatic rings. The van der Waals surface area contributed by atoms with Crippen molar-refractivity contribution in [2.45, 2.75) is 19.4 Å². The van der Waals surface area contributed by atoms with E-state index in [-0.39, 0.29) is 0 Å². The highest BCUT2D eigenvalue weighted by atomic mass is 32.1. The molecule has 2 heterocycles. The Morgan fingerprint density at radius 2 is 2.54 bits per heavy atom. The largest absolute Gasteiger partial charge is 0.477 e. The van der Waals surface area contributed by atoms with Crippen LogP contribution >= 0.6 is 11.3 Å². The molecule has 0 radical (unpaired) electrons. The summed E-state index contributed by atoms with van der Waals surface area (Å²) < 4.78 is 0. The first-order valence-electron chi connectivity index (χ1n) is 4.28. The second-order valence-corrected chi connectivity index (χ2v) is 4.31. The molecule has 0 amide bonds. The van der Waals surface area contributed by atoms with Gasteiger partial charge in [-0.3, -0.25) is 0 Å². The zero-order valence-electron chi connectivity index (χ0n) is 7.33. The summed E-state index contributed by atoms with van der Waals surface area (Å²) in [5.74, 6) is -0.813. The van der Waals surface area contributed by atoms with Gasteiger partial charge in [0.15, 0.2) is 0 Å². The summed E-state index contributed by atoms with van der Waals surface area (Å²) in [7, 11) is 0. The molecule has 1 unspecified atom stereocenters. The minimum absolute atomic E-state index is 0.307. The van der Waals surface area contributed by atoms with Crippen LogP contribution in [0.5, 0.6) is 0 Å². The Morgan fingerprint density at radius 3 is 3.15 bits per heavy atom. The third kappa shape index (κ3) is 1.47. The van der Waals surface area contributed by atoms with Crippen molar-refractivity contribution < 1.29 is 9.90 Å². The molecule has 0 saturated carbocycles. The van der Waals surface area contributed by atoms with Crippen LogP contribution in [-0.4, -0.2) is 17.6 Å². The number of rotatable bonds is 1. The van der Waals surface area contributed by atoms with Crippen molar-refractivity contribution in [2.24, 2.45) is 0 Å². The van der Waals surface area contributed by atoms with Crippen LogP contribution in [0.1, 0.15) is 33.1 Å². The van der Waals surface area contributed by atoms with E-state index in [0.717, 1.165) is 13.0 Å². The van der Waals surface area contributed by atoms with Crippen molar-refractivity contribution in [1.29, 1.82) is 0 Å². The first-order chi connectivity index (χ1) is 6.18. The smallest absolute Gasteiger partial charge is 0.345 e. The van der Waals surface area contributed by atoms with Crippen LogP contribution in [0.2, 0.25) is 0 Å². The van der Waals surface area contributed by atoms with Crippen molar-refractivity contribution in [2.75, 3.05) is 6.54 Å². The van der Waals surface area contributed by atoms with E-state index in [1.54, 1.807) is 6.07 Å². The van der Waals surface area contributed by atoms with E-state index in [0.29, 0.717) is 10.9 Å². The lowest BCUT2D eigenvalue weighted by Gasteiger charge is -2.19. The summed E-state index contributed by atoms with van der Waals surface area (Å²) in [5, 5.41) is 12.1. The Balaban J connectivity index is 2.42. The molecule has 0 saturated heterocycles. The average molecular weight is 197 g/mol. The second kappa shape index (κ2) is 3.12. The van der Waals surface area contributed by atoms with E-state index < -0.39 is 5.97 Å². The monoisotopic (exact) mass is 197 g/mol. The summed E-state index contributed by atoms with van der Waals surface area (Å²) in [4.78, 5) is 12.4. The van der Waals surface area contributed by atoms with Crippen LogP contribution in [0.25, 0.3) is 0 Å². The van der Waals surface area contributed by atoms with Gasteiger partial charge in [-0.1, -0.05) is 0 Å². The fourth-order valence-corrected chi connectivity index (χ4v) is 2.70. The molecule has 1 aromatic rings. The molecule has 1 atom stereocenters. The molecule has 3 nitrogen and oxygen atoms in total. The first kappa shape index (κ1) is 8.72. The van der Waals surface area contributed by atoms with Gasteiger partial charge in [-0.05, 0) is 31.5 Å². The van der Waals surface area contributed by atoms with Gasteiger partial charge in [0.05, 0.1) is 0 Å². The highest BCUT2D eigenvalue weighted by molar-refractivity contribution is 7.14. The highest BCUT2D eigenvalue weighted by Gasteiger charge is 2.20. The van der Waals surface area contributed by atoms with Crippen LogP contribution in [-0.2, 0) is 6.42 Å². The average Bonchev–Trinajstić information content (AvgIpc) is 2.49. The Morgan fingerprint density at radius 1 is 1.77 bits per heavy atom. The van der Waals surface area contributed by atoms with E-state index in [9.17, 15) is 4.79 Å². The molecular weight excluding hydrogens is 186 g/mol. The summed E-state index contributed by atoms with van der Waals surface area (Å²) in [6.07, 6.45) is 0.948. The molecule has 1 aromatic heterocycles. The third-order valence-corrected chi connectivity index (χ3v) is 3.64. The van der Waals surface area contributed by atoms with E-state index in [1.165, 1.54) is 21.8 Å². The molecule has 70 valence electrons. The predicted octanol–water partition coefficient (Wildman–Crippen LogP) is 1.65. The van der Waals surface area contributed by atoms with Crippen LogP contribution < -0.4 is 5.32 Å². The molecule has 2 rings (SSSR count). The highest BCUT2D eigenvalue weighted by Crippen LogP contribution is 2.31. The number of carboxylic acids is 1. The molecule has 4 heteroatoms. The maximum absolute atomic E-state index is 10.7. The molecule has 2 N–H and O–H groups in total. The van der Waals surface area contributed by atoms with Gasteiger partial charge >= 0.3 is 5.97 Å². The van der Waals surface area contributed by atoms with E-state index in [2.05, 4.69) is 12.2 Å². The maximum Gasteiger partial charge on any atom is 0.345 e. The second-order valence-electron chi connectivity index (χ2n) is 3.23. The van der Waals surface area contributed by atoms with E-state index >= 15 is 0 Å². The normalized spacial score (nSPS) is 21.2. The Bertz CT molecular complexity index is 345. The van der Waals surface area contributed by atoms with Gasteiger partial charge in [0.1, 0.15) is 4.88 Å². The lowest BCUT2D eigenvalue weighted by molar-refractivity contribution is 0.0702. The number of carboxylic acid groups (broad SMARTS) is 1. The van der Waals surface area contributed by atoms with Crippen molar-refractivity contribution >= 4 is 17.3 Å². The fraction of sp³-hybridized carbons (Fsp3) is 0.444. The number of fused-ring (bicyclic) bond motifs is 1. The van der Waals surface area contributed by atoms with Crippen molar-refractivity contribution in [3.8, 4) is 0 Å². The topological polar surface area (TPSA) is 49.3 Å². The van der Waals surface area contributed by atoms with Crippen LogP contribution in [0.15, 0.2) is 6.07 Å². The lowest BCUT2D eigenvalue weighted by Crippen LogP contribution is -2.26.